The highest BCUT2D eigenvalue weighted by molar-refractivity contribution is 5.96. The van der Waals surface area contributed by atoms with Gasteiger partial charge in [-0.1, -0.05) is 0 Å². The van der Waals surface area contributed by atoms with Crippen LogP contribution in [0.4, 0.5) is 0 Å². The molecule has 0 saturated heterocycles. The summed E-state index contributed by atoms with van der Waals surface area (Å²) >= 11 is 0. The molecule has 0 aliphatic carbocycles. The molecule has 0 fully saturated rings. The zero-order valence-corrected chi connectivity index (χ0v) is 10.7. The molecule has 6 heteroatoms. The minimum atomic E-state index is -0.361. The fourth-order valence-electron chi connectivity index (χ4n) is 1.45. The Balaban J connectivity index is 2.67. The molecule has 1 aromatic heterocycles. The number of nitrogens with one attached hydrogen (secondary N) is 2. The third kappa shape index (κ3) is 4.04. The molecule has 98 valence electrons. The number of carbonyl (C=O) groups excluding carboxylic acids is 2. The van der Waals surface area contributed by atoms with Crippen LogP contribution in [0.2, 0.25) is 0 Å². The van der Waals surface area contributed by atoms with Crippen LogP contribution in [-0.4, -0.2) is 41.3 Å². The van der Waals surface area contributed by atoms with E-state index in [4.69, 9.17) is 0 Å². The SMILES string of the molecule is CC(C)NC(=O)CN(C)C(=O)c1cc[nH]c(=O)c1. The average molecular weight is 251 g/mol. The number of pyridine rings is 1. The third-order valence-electron chi connectivity index (χ3n) is 2.20. The van der Waals surface area contributed by atoms with Crippen molar-refractivity contribution in [1.29, 1.82) is 0 Å². The second kappa shape index (κ2) is 6.00. The molecule has 2 N–H and O–H groups in total. The van der Waals surface area contributed by atoms with Crippen molar-refractivity contribution >= 4 is 11.8 Å². The van der Waals surface area contributed by atoms with Crippen molar-refractivity contribution in [3.63, 3.8) is 0 Å². The number of carbonyl (C=O) groups is 2. The Kier molecular flexibility index (Phi) is 4.65. The van der Waals surface area contributed by atoms with Crippen LogP contribution in [-0.2, 0) is 4.79 Å². The van der Waals surface area contributed by atoms with E-state index in [9.17, 15) is 14.4 Å². The zero-order chi connectivity index (χ0) is 13.7. The Morgan fingerprint density at radius 1 is 1.44 bits per heavy atom. The molecule has 0 radical (unpaired) electrons. The Hall–Kier alpha value is -2.11. The number of amides is 2. The minimum Gasteiger partial charge on any atom is -0.352 e. The van der Waals surface area contributed by atoms with Gasteiger partial charge in [0.05, 0.1) is 6.54 Å². The first-order chi connectivity index (χ1) is 8.40. The van der Waals surface area contributed by atoms with E-state index < -0.39 is 0 Å². The molecular formula is C12H17N3O3. The van der Waals surface area contributed by atoms with Crippen molar-refractivity contribution in [2.45, 2.75) is 19.9 Å². The van der Waals surface area contributed by atoms with Crippen LogP contribution in [0.25, 0.3) is 0 Å². The lowest BCUT2D eigenvalue weighted by Crippen LogP contribution is -2.41. The fraction of sp³-hybridized carbons (Fsp3) is 0.417. The number of H-pyrrole nitrogens is 1. The van der Waals surface area contributed by atoms with Crippen LogP contribution in [0, 0.1) is 0 Å². The highest BCUT2D eigenvalue weighted by Gasteiger charge is 2.15. The lowest BCUT2D eigenvalue weighted by atomic mass is 10.2. The zero-order valence-electron chi connectivity index (χ0n) is 10.7. The Morgan fingerprint density at radius 2 is 2.11 bits per heavy atom. The molecule has 0 unspecified atom stereocenters. The van der Waals surface area contributed by atoms with E-state index in [0.29, 0.717) is 0 Å². The van der Waals surface area contributed by atoms with Gasteiger partial charge in [-0.2, -0.15) is 0 Å². The van der Waals surface area contributed by atoms with E-state index in [1.807, 2.05) is 13.8 Å². The topological polar surface area (TPSA) is 82.3 Å². The van der Waals surface area contributed by atoms with E-state index in [2.05, 4.69) is 10.3 Å². The summed E-state index contributed by atoms with van der Waals surface area (Å²) in [5.41, 5.74) is -0.0838. The lowest BCUT2D eigenvalue weighted by molar-refractivity contribution is -0.122. The van der Waals surface area contributed by atoms with Gasteiger partial charge in [0.15, 0.2) is 0 Å². The summed E-state index contributed by atoms with van der Waals surface area (Å²) in [6.45, 7) is 3.65. The van der Waals surface area contributed by atoms with E-state index in [1.54, 1.807) is 0 Å². The maximum absolute atomic E-state index is 11.9. The maximum Gasteiger partial charge on any atom is 0.254 e. The van der Waals surface area contributed by atoms with Crippen LogP contribution in [0.5, 0.6) is 0 Å². The summed E-state index contributed by atoms with van der Waals surface area (Å²) in [5, 5.41) is 2.69. The van der Waals surface area contributed by atoms with Crippen molar-refractivity contribution in [3.8, 4) is 0 Å². The molecule has 6 nitrogen and oxygen atoms in total. The van der Waals surface area contributed by atoms with Gasteiger partial charge in [-0.15, -0.1) is 0 Å². The number of hydrogen-bond donors (Lipinski definition) is 2. The average Bonchev–Trinajstić information content (AvgIpc) is 2.26. The summed E-state index contributed by atoms with van der Waals surface area (Å²) in [4.78, 5) is 38.2. The van der Waals surface area contributed by atoms with Crippen molar-refractivity contribution in [1.82, 2.24) is 15.2 Å². The molecule has 0 saturated carbocycles. The van der Waals surface area contributed by atoms with Gasteiger partial charge in [-0.25, -0.2) is 0 Å². The molecule has 1 rings (SSSR count). The number of nitrogens with zero attached hydrogens (tertiary/aromatic N) is 1. The number of aromatic amines is 1. The molecule has 0 aliphatic rings. The first-order valence-corrected chi connectivity index (χ1v) is 5.63. The first kappa shape index (κ1) is 14.0. The van der Waals surface area contributed by atoms with Gasteiger partial charge in [0.2, 0.25) is 11.5 Å². The molecule has 0 spiro atoms. The van der Waals surface area contributed by atoms with Gasteiger partial charge in [0, 0.05) is 30.9 Å². The molecule has 0 atom stereocenters. The molecular weight excluding hydrogens is 234 g/mol. The summed E-state index contributed by atoms with van der Waals surface area (Å²) in [5.74, 6) is -0.592. The molecule has 2 amide bonds. The molecule has 0 bridgehead atoms. The molecule has 1 aromatic rings. The quantitative estimate of drug-likeness (QED) is 0.788. The van der Waals surface area contributed by atoms with Gasteiger partial charge < -0.3 is 15.2 Å². The number of hydrogen-bond acceptors (Lipinski definition) is 3. The van der Waals surface area contributed by atoms with E-state index in [0.717, 1.165) is 0 Å². The van der Waals surface area contributed by atoms with E-state index >= 15 is 0 Å². The predicted molar refractivity (Wildman–Crippen MR) is 67.3 cm³/mol. The fourth-order valence-corrected chi connectivity index (χ4v) is 1.45. The van der Waals surface area contributed by atoms with Gasteiger partial charge in [0.25, 0.3) is 5.91 Å². The van der Waals surface area contributed by atoms with Crippen molar-refractivity contribution < 1.29 is 9.59 Å². The third-order valence-corrected chi connectivity index (χ3v) is 2.20. The largest absolute Gasteiger partial charge is 0.352 e. The second-order valence-corrected chi connectivity index (χ2v) is 4.33. The number of rotatable bonds is 4. The first-order valence-electron chi connectivity index (χ1n) is 5.63. The van der Waals surface area contributed by atoms with Gasteiger partial charge in [-0.05, 0) is 19.9 Å². The van der Waals surface area contributed by atoms with E-state index in [-0.39, 0.29) is 35.5 Å². The van der Waals surface area contributed by atoms with Gasteiger partial charge in [0.1, 0.15) is 0 Å². The maximum atomic E-state index is 11.9. The summed E-state index contributed by atoms with van der Waals surface area (Å²) < 4.78 is 0. The number of likely N-dealkylation sites (N-methyl/N-ethyl adjacent to an activating group) is 1. The van der Waals surface area contributed by atoms with Crippen molar-refractivity contribution in [3.05, 3.63) is 34.2 Å². The molecule has 0 aliphatic heterocycles. The van der Waals surface area contributed by atoms with Crippen LogP contribution in [0.1, 0.15) is 24.2 Å². The Bertz CT molecular complexity index is 493. The standard InChI is InChI=1S/C12H17N3O3/c1-8(2)14-11(17)7-15(3)12(18)9-4-5-13-10(16)6-9/h4-6,8H,7H2,1-3H3,(H,13,16)(H,14,17). The van der Waals surface area contributed by atoms with Crippen molar-refractivity contribution in [2.75, 3.05) is 13.6 Å². The summed E-state index contributed by atoms with van der Waals surface area (Å²) in [6, 6.07) is 2.74. The highest BCUT2D eigenvalue weighted by Crippen LogP contribution is 1.99. The van der Waals surface area contributed by atoms with E-state index in [1.165, 1.54) is 30.3 Å². The lowest BCUT2D eigenvalue weighted by Gasteiger charge is -2.17. The van der Waals surface area contributed by atoms with Gasteiger partial charge in [-0.3, -0.25) is 14.4 Å². The normalized spacial score (nSPS) is 10.2. The second-order valence-electron chi connectivity index (χ2n) is 4.33. The van der Waals surface area contributed by atoms with Crippen LogP contribution in [0.3, 0.4) is 0 Å². The predicted octanol–water partition coefficient (Wildman–Crippen LogP) is -0.0285. The van der Waals surface area contributed by atoms with Crippen LogP contribution >= 0.6 is 0 Å². The summed E-state index contributed by atoms with van der Waals surface area (Å²) in [6.07, 6.45) is 1.40. The van der Waals surface area contributed by atoms with Crippen LogP contribution in [0.15, 0.2) is 23.1 Å². The Labute approximate surface area is 105 Å². The van der Waals surface area contributed by atoms with Gasteiger partial charge >= 0.3 is 0 Å². The number of aromatic nitrogens is 1. The molecule has 18 heavy (non-hydrogen) atoms. The Morgan fingerprint density at radius 3 is 2.67 bits per heavy atom. The monoisotopic (exact) mass is 251 g/mol. The van der Waals surface area contributed by atoms with Crippen molar-refractivity contribution in [2.24, 2.45) is 0 Å². The highest BCUT2D eigenvalue weighted by atomic mass is 16.2. The molecule has 0 aromatic carbocycles. The minimum absolute atomic E-state index is 0.0283. The summed E-state index contributed by atoms with van der Waals surface area (Å²) in [7, 11) is 1.52. The molecule has 1 heterocycles. The smallest absolute Gasteiger partial charge is 0.254 e. The van der Waals surface area contributed by atoms with Crippen LogP contribution < -0.4 is 10.9 Å².